The summed E-state index contributed by atoms with van der Waals surface area (Å²) in [4.78, 5) is 10.5. The highest BCUT2D eigenvalue weighted by Crippen LogP contribution is 2.40. The summed E-state index contributed by atoms with van der Waals surface area (Å²) in [7, 11) is 0. The van der Waals surface area contributed by atoms with Gasteiger partial charge in [0.2, 0.25) is 0 Å². The van der Waals surface area contributed by atoms with Crippen LogP contribution in [0.3, 0.4) is 0 Å². The lowest BCUT2D eigenvalue weighted by molar-refractivity contribution is -0.142. The van der Waals surface area contributed by atoms with Crippen LogP contribution in [0.2, 0.25) is 0 Å². The number of carboxylic acid groups (broad SMARTS) is 1. The highest BCUT2D eigenvalue weighted by atomic mass is 32.2. The Bertz CT molecular complexity index is 215. The number of thioether (sulfide) groups is 1. The van der Waals surface area contributed by atoms with Crippen molar-refractivity contribution in [3.8, 4) is 0 Å². The molecular weight excluding hydrogens is 188 g/mol. The zero-order valence-electron chi connectivity index (χ0n) is 8.04. The molecule has 0 aromatic heterocycles. The number of carbonyl (C=O) groups is 1. The van der Waals surface area contributed by atoms with Gasteiger partial charge in [0, 0.05) is 5.75 Å². The predicted molar refractivity (Wildman–Crippen MR) is 52.9 cm³/mol. The summed E-state index contributed by atoms with van der Waals surface area (Å²) < 4.78 is 0. The quantitative estimate of drug-likeness (QED) is 0.713. The molecule has 1 aliphatic heterocycles. The second-order valence-corrected chi connectivity index (χ2v) is 5.61. The van der Waals surface area contributed by atoms with Crippen LogP contribution in [0.15, 0.2) is 0 Å². The smallest absolute Gasteiger partial charge is 0.306 e. The molecule has 1 atom stereocenters. The first-order valence-corrected chi connectivity index (χ1v) is 5.50. The van der Waals surface area contributed by atoms with E-state index >= 15 is 0 Å². The zero-order chi connectivity index (χ0) is 10.1. The van der Waals surface area contributed by atoms with Crippen molar-refractivity contribution < 1.29 is 15.0 Å². The fourth-order valence-corrected chi connectivity index (χ4v) is 3.25. The van der Waals surface area contributed by atoms with Gasteiger partial charge in [-0.15, -0.1) is 0 Å². The van der Waals surface area contributed by atoms with Gasteiger partial charge in [-0.05, 0) is 17.6 Å². The van der Waals surface area contributed by atoms with Gasteiger partial charge >= 0.3 is 5.97 Å². The maximum atomic E-state index is 10.5. The summed E-state index contributed by atoms with van der Waals surface area (Å²) in [6.07, 6.45) is 0.447. The molecule has 1 aliphatic rings. The Kier molecular flexibility index (Phi) is 2.92. The van der Waals surface area contributed by atoms with Crippen molar-refractivity contribution in [1.82, 2.24) is 0 Å². The van der Waals surface area contributed by atoms with Crippen molar-refractivity contribution in [2.24, 2.45) is 5.41 Å². The number of aliphatic carboxylic acids is 1. The van der Waals surface area contributed by atoms with E-state index < -0.39 is 11.6 Å². The summed E-state index contributed by atoms with van der Waals surface area (Å²) >= 11 is 1.64. The van der Waals surface area contributed by atoms with E-state index in [0.29, 0.717) is 12.2 Å². The van der Waals surface area contributed by atoms with Crippen LogP contribution in [-0.2, 0) is 4.79 Å². The molecule has 0 aromatic carbocycles. The van der Waals surface area contributed by atoms with Crippen molar-refractivity contribution in [3.05, 3.63) is 0 Å². The monoisotopic (exact) mass is 204 g/mol. The fourth-order valence-electron chi connectivity index (χ4n) is 1.91. The third-order valence-electron chi connectivity index (χ3n) is 2.15. The molecule has 0 radical (unpaired) electrons. The van der Waals surface area contributed by atoms with Crippen LogP contribution in [0.25, 0.3) is 0 Å². The molecule has 76 valence electrons. The largest absolute Gasteiger partial charge is 0.481 e. The molecule has 3 nitrogen and oxygen atoms in total. The van der Waals surface area contributed by atoms with Crippen molar-refractivity contribution in [1.29, 1.82) is 0 Å². The van der Waals surface area contributed by atoms with Crippen molar-refractivity contribution in [3.63, 3.8) is 0 Å². The number of carboxylic acids is 1. The third-order valence-corrected chi connectivity index (χ3v) is 3.88. The summed E-state index contributed by atoms with van der Waals surface area (Å²) in [5.74, 6) is 0.623. The van der Waals surface area contributed by atoms with Crippen LogP contribution in [0, 0.1) is 5.41 Å². The molecule has 0 aromatic rings. The van der Waals surface area contributed by atoms with Crippen molar-refractivity contribution >= 4 is 17.7 Å². The van der Waals surface area contributed by atoms with Gasteiger partial charge in [0.1, 0.15) is 0 Å². The van der Waals surface area contributed by atoms with E-state index in [4.69, 9.17) is 5.11 Å². The molecule has 1 saturated heterocycles. The van der Waals surface area contributed by atoms with Crippen molar-refractivity contribution in [2.45, 2.75) is 32.3 Å². The van der Waals surface area contributed by atoms with E-state index in [-0.39, 0.29) is 11.8 Å². The highest BCUT2D eigenvalue weighted by molar-refractivity contribution is 7.99. The molecule has 0 aliphatic carbocycles. The average molecular weight is 204 g/mol. The van der Waals surface area contributed by atoms with Crippen LogP contribution in [0.5, 0.6) is 0 Å². The van der Waals surface area contributed by atoms with Crippen LogP contribution in [0.1, 0.15) is 26.7 Å². The molecule has 13 heavy (non-hydrogen) atoms. The van der Waals surface area contributed by atoms with Gasteiger partial charge < -0.3 is 10.2 Å². The topological polar surface area (TPSA) is 57.5 Å². The maximum absolute atomic E-state index is 10.5. The number of rotatable bonds is 2. The molecule has 0 spiro atoms. The second kappa shape index (κ2) is 3.50. The summed E-state index contributed by atoms with van der Waals surface area (Å²) in [5, 5.41) is 18.6. The van der Waals surface area contributed by atoms with Gasteiger partial charge in [0.15, 0.2) is 0 Å². The van der Waals surface area contributed by atoms with E-state index in [9.17, 15) is 9.90 Å². The zero-order valence-corrected chi connectivity index (χ0v) is 8.86. The Balaban J connectivity index is 2.63. The lowest BCUT2D eigenvalue weighted by Crippen LogP contribution is -2.43. The molecule has 1 heterocycles. The summed E-state index contributed by atoms with van der Waals surface area (Å²) in [6, 6.07) is 0. The van der Waals surface area contributed by atoms with Gasteiger partial charge in [-0.25, -0.2) is 0 Å². The molecule has 0 bridgehead atoms. The van der Waals surface area contributed by atoms with Crippen LogP contribution in [0.4, 0.5) is 0 Å². The SMILES string of the molecule is CC1(C)CSCC(O)(CC(=O)O)C1. The van der Waals surface area contributed by atoms with E-state index in [0.717, 1.165) is 5.75 Å². The van der Waals surface area contributed by atoms with E-state index in [1.807, 2.05) is 0 Å². The first-order valence-electron chi connectivity index (χ1n) is 4.35. The van der Waals surface area contributed by atoms with E-state index in [2.05, 4.69) is 13.8 Å². The lowest BCUT2D eigenvalue weighted by atomic mass is 9.80. The Labute approximate surface area is 82.5 Å². The van der Waals surface area contributed by atoms with E-state index in [1.165, 1.54) is 0 Å². The summed E-state index contributed by atoms with van der Waals surface area (Å²) in [5.41, 5.74) is -0.953. The van der Waals surface area contributed by atoms with Gasteiger partial charge in [-0.3, -0.25) is 4.79 Å². The Morgan fingerprint density at radius 3 is 2.54 bits per heavy atom. The number of hydrogen-bond acceptors (Lipinski definition) is 3. The minimum Gasteiger partial charge on any atom is -0.481 e. The second-order valence-electron chi connectivity index (χ2n) is 4.63. The van der Waals surface area contributed by atoms with Crippen LogP contribution < -0.4 is 0 Å². The molecule has 1 fully saturated rings. The molecular formula is C9H16O3S. The van der Waals surface area contributed by atoms with E-state index in [1.54, 1.807) is 11.8 Å². The Morgan fingerprint density at radius 1 is 1.46 bits per heavy atom. The maximum Gasteiger partial charge on any atom is 0.306 e. The Morgan fingerprint density at radius 2 is 2.08 bits per heavy atom. The molecule has 0 saturated carbocycles. The van der Waals surface area contributed by atoms with Crippen LogP contribution >= 0.6 is 11.8 Å². The molecule has 2 N–H and O–H groups in total. The number of hydrogen-bond donors (Lipinski definition) is 2. The van der Waals surface area contributed by atoms with Crippen LogP contribution in [-0.4, -0.2) is 33.3 Å². The first kappa shape index (κ1) is 10.9. The lowest BCUT2D eigenvalue weighted by Gasteiger charge is -2.40. The normalized spacial score (nSPS) is 32.8. The average Bonchev–Trinajstić information content (AvgIpc) is 1.79. The standard InChI is InChI=1S/C9H16O3S/c1-8(2)4-9(12,3-7(10)11)6-13-5-8/h12H,3-6H2,1-2H3,(H,10,11). The minimum absolute atomic E-state index is 0.0487. The highest BCUT2D eigenvalue weighted by Gasteiger charge is 2.40. The van der Waals surface area contributed by atoms with Gasteiger partial charge in [-0.1, -0.05) is 13.8 Å². The predicted octanol–water partition coefficient (Wildman–Crippen LogP) is 1.36. The summed E-state index contributed by atoms with van der Waals surface area (Å²) in [6.45, 7) is 4.12. The number of aliphatic hydroxyl groups is 1. The van der Waals surface area contributed by atoms with Gasteiger partial charge in [0.25, 0.3) is 0 Å². The molecule has 1 rings (SSSR count). The molecule has 4 heteroatoms. The molecule has 1 unspecified atom stereocenters. The minimum atomic E-state index is -1.00. The van der Waals surface area contributed by atoms with Gasteiger partial charge in [0.05, 0.1) is 12.0 Å². The first-order chi connectivity index (χ1) is 5.83. The third kappa shape index (κ3) is 3.19. The fraction of sp³-hybridized carbons (Fsp3) is 0.889. The van der Waals surface area contributed by atoms with Crippen molar-refractivity contribution in [2.75, 3.05) is 11.5 Å². The Hall–Kier alpha value is -0.220. The molecule has 0 amide bonds. The van der Waals surface area contributed by atoms with Gasteiger partial charge in [-0.2, -0.15) is 11.8 Å².